The van der Waals surface area contributed by atoms with Crippen molar-refractivity contribution in [3.8, 4) is 0 Å². The molecule has 6 aliphatic rings. The molecule has 0 amide bonds. The van der Waals surface area contributed by atoms with Gasteiger partial charge in [-0.1, -0.05) is 31.2 Å². The molecule has 150 valence electrons. The van der Waals surface area contributed by atoms with Crippen LogP contribution in [-0.4, -0.2) is 36.1 Å². The Morgan fingerprint density at radius 1 is 1.14 bits per heavy atom. The van der Waals surface area contributed by atoms with Gasteiger partial charge in [0.2, 0.25) is 0 Å². The first-order valence-corrected chi connectivity index (χ1v) is 11.7. The molecule has 3 heteroatoms. The molecular weight excluding hydrogens is 346 g/mol. The topological polar surface area (TPSA) is 29.5 Å². The first kappa shape index (κ1) is 17.5. The second-order valence-electron chi connectivity index (χ2n) is 10.4. The van der Waals surface area contributed by atoms with E-state index in [0.717, 1.165) is 18.8 Å². The van der Waals surface area contributed by atoms with E-state index in [1.807, 2.05) is 0 Å². The standard InChI is InChI=1S/C25H33NO2/c1-2-25-13-23-19(24(27)28-15-17-9-10-17)12-21(25)22(26(23)14-16-7-8-16)11-18-5-3-4-6-20(18)25/h3-6,16-17,19,21-23H,2,7-15H2,1H3/t19-,21?,22?,23?,25-/m0/s1. The van der Waals surface area contributed by atoms with Gasteiger partial charge in [0.1, 0.15) is 0 Å². The summed E-state index contributed by atoms with van der Waals surface area (Å²) >= 11 is 0. The summed E-state index contributed by atoms with van der Waals surface area (Å²) in [6.07, 6.45) is 9.82. The number of piperidine rings is 2. The van der Waals surface area contributed by atoms with Crippen LogP contribution in [0.25, 0.3) is 0 Å². The lowest BCUT2D eigenvalue weighted by atomic mass is 9.48. The maximum Gasteiger partial charge on any atom is 0.310 e. The Morgan fingerprint density at radius 3 is 2.68 bits per heavy atom. The fraction of sp³-hybridized carbons (Fsp3) is 0.720. The van der Waals surface area contributed by atoms with Crippen molar-refractivity contribution in [2.75, 3.05) is 13.2 Å². The molecule has 2 saturated heterocycles. The number of carbonyl (C=O) groups is 1. The highest BCUT2D eigenvalue weighted by Crippen LogP contribution is 2.60. The highest BCUT2D eigenvalue weighted by molar-refractivity contribution is 5.74. The summed E-state index contributed by atoms with van der Waals surface area (Å²) < 4.78 is 5.82. The summed E-state index contributed by atoms with van der Waals surface area (Å²) in [5.41, 5.74) is 3.44. The van der Waals surface area contributed by atoms with E-state index in [-0.39, 0.29) is 17.3 Å². The molecule has 4 bridgehead atoms. The summed E-state index contributed by atoms with van der Waals surface area (Å²) in [5, 5.41) is 0. The molecule has 3 unspecified atom stereocenters. The Bertz CT molecular complexity index is 783. The molecule has 3 saturated carbocycles. The van der Waals surface area contributed by atoms with Crippen molar-refractivity contribution in [2.24, 2.45) is 23.7 Å². The van der Waals surface area contributed by atoms with Gasteiger partial charge in [0.25, 0.3) is 0 Å². The largest absolute Gasteiger partial charge is 0.465 e. The van der Waals surface area contributed by atoms with Gasteiger partial charge in [0, 0.05) is 24.0 Å². The van der Waals surface area contributed by atoms with Gasteiger partial charge in [-0.15, -0.1) is 0 Å². The number of hydrogen-bond donors (Lipinski definition) is 0. The van der Waals surface area contributed by atoms with Crippen LogP contribution >= 0.6 is 0 Å². The van der Waals surface area contributed by atoms with Crippen LogP contribution in [0.3, 0.4) is 0 Å². The van der Waals surface area contributed by atoms with Crippen molar-refractivity contribution in [2.45, 2.75) is 75.8 Å². The SMILES string of the molecule is CC[C@@]12CC3[C@@H](C(=O)OCC4CC4)CC1C(Cc1ccccc12)N3CC1CC1. The highest BCUT2D eigenvalue weighted by Gasteiger charge is 2.62. The van der Waals surface area contributed by atoms with Gasteiger partial charge in [-0.3, -0.25) is 9.69 Å². The number of nitrogens with zero attached hydrogens (tertiary/aromatic N) is 1. The molecule has 28 heavy (non-hydrogen) atoms. The van der Waals surface area contributed by atoms with E-state index in [9.17, 15) is 4.79 Å². The molecule has 2 heterocycles. The quantitative estimate of drug-likeness (QED) is 0.689. The predicted octanol–water partition coefficient (Wildman–Crippen LogP) is 4.33. The predicted molar refractivity (Wildman–Crippen MR) is 109 cm³/mol. The zero-order chi connectivity index (χ0) is 18.9. The van der Waals surface area contributed by atoms with E-state index < -0.39 is 0 Å². The van der Waals surface area contributed by atoms with Crippen molar-refractivity contribution >= 4 is 5.97 Å². The van der Waals surface area contributed by atoms with Gasteiger partial charge in [0.05, 0.1) is 12.5 Å². The number of fused-ring (bicyclic) bond motifs is 2. The Kier molecular flexibility index (Phi) is 3.95. The Labute approximate surface area is 168 Å². The third-order valence-electron chi connectivity index (χ3n) is 8.81. The third kappa shape index (κ3) is 2.61. The lowest BCUT2D eigenvalue weighted by molar-refractivity contribution is -0.168. The summed E-state index contributed by atoms with van der Waals surface area (Å²) in [4.78, 5) is 15.9. The van der Waals surface area contributed by atoms with Gasteiger partial charge in [-0.25, -0.2) is 0 Å². The van der Waals surface area contributed by atoms with Gasteiger partial charge >= 0.3 is 5.97 Å². The van der Waals surface area contributed by atoms with Gasteiger partial charge in [-0.05, 0) is 80.2 Å². The first-order valence-electron chi connectivity index (χ1n) is 11.7. The third-order valence-corrected chi connectivity index (χ3v) is 8.81. The van der Waals surface area contributed by atoms with Gasteiger partial charge < -0.3 is 4.74 Å². The minimum atomic E-state index is 0.101. The van der Waals surface area contributed by atoms with Crippen LogP contribution in [0.15, 0.2) is 24.3 Å². The molecule has 7 rings (SSSR count). The van der Waals surface area contributed by atoms with Crippen LogP contribution in [0.2, 0.25) is 0 Å². The fourth-order valence-corrected chi connectivity index (χ4v) is 6.96. The molecular formula is C25H33NO2. The Hall–Kier alpha value is -1.35. The van der Waals surface area contributed by atoms with Crippen molar-refractivity contribution < 1.29 is 9.53 Å². The summed E-state index contributed by atoms with van der Waals surface area (Å²) in [6, 6.07) is 10.2. The highest BCUT2D eigenvalue weighted by atomic mass is 16.5. The van der Waals surface area contributed by atoms with Crippen LogP contribution < -0.4 is 0 Å². The number of ether oxygens (including phenoxy) is 1. The van der Waals surface area contributed by atoms with E-state index in [0.29, 0.717) is 30.5 Å². The molecule has 1 aromatic carbocycles. The van der Waals surface area contributed by atoms with Crippen molar-refractivity contribution in [3.05, 3.63) is 35.4 Å². The second-order valence-corrected chi connectivity index (χ2v) is 10.4. The summed E-state index contributed by atoms with van der Waals surface area (Å²) in [6.45, 7) is 4.26. The average molecular weight is 380 g/mol. The monoisotopic (exact) mass is 379 g/mol. The summed E-state index contributed by atoms with van der Waals surface area (Å²) in [7, 11) is 0. The number of rotatable bonds is 6. The molecule has 0 aromatic heterocycles. The molecule has 0 spiro atoms. The van der Waals surface area contributed by atoms with Gasteiger partial charge in [0.15, 0.2) is 0 Å². The molecule has 4 aliphatic carbocycles. The van der Waals surface area contributed by atoms with Crippen LogP contribution in [0, 0.1) is 23.7 Å². The maximum absolute atomic E-state index is 13.1. The smallest absolute Gasteiger partial charge is 0.310 e. The van der Waals surface area contributed by atoms with Crippen LogP contribution in [0.5, 0.6) is 0 Å². The maximum atomic E-state index is 13.1. The minimum Gasteiger partial charge on any atom is -0.465 e. The zero-order valence-electron chi connectivity index (χ0n) is 17.1. The van der Waals surface area contributed by atoms with Crippen LogP contribution in [-0.2, 0) is 21.4 Å². The lowest BCUT2D eigenvalue weighted by Crippen LogP contribution is -2.70. The molecule has 1 aromatic rings. The molecule has 5 atom stereocenters. The second kappa shape index (κ2) is 6.32. The van der Waals surface area contributed by atoms with Gasteiger partial charge in [-0.2, -0.15) is 0 Å². The number of carbonyl (C=O) groups excluding carboxylic acids is 1. The minimum absolute atomic E-state index is 0.101. The summed E-state index contributed by atoms with van der Waals surface area (Å²) in [5.74, 6) is 2.34. The van der Waals surface area contributed by atoms with Crippen LogP contribution in [0.1, 0.15) is 63.0 Å². The van der Waals surface area contributed by atoms with Crippen LogP contribution in [0.4, 0.5) is 0 Å². The number of esters is 1. The average Bonchev–Trinajstić information content (AvgIpc) is 3.63. The molecule has 2 aliphatic heterocycles. The Morgan fingerprint density at radius 2 is 1.93 bits per heavy atom. The number of benzene rings is 1. The lowest BCUT2D eigenvalue weighted by Gasteiger charge is -2.65. The fourth-order valence-electron chi connectivity index (χ4n) is 6.96. The zero-order valence-corrected chi connectivity index (χ0v) is 17.1. The van der Waals surface area contributed by atoms with E-state index >= 15 is 0 Å². The van der Waals surface area contributed by atoms with Crippen molar-refractivity contribution in [3.63, 3.8) is 0 Å². The van der Waals surface area contributed by atoms with Crippen molar-refractivity contribution in [1.29, 1.82) is 0 Å². The molecule has 0 radical (unpaired) electrons. The normalized spacial score (nSPS) is 38.9. The van der Waals surface area contributed by atoms with E-state index in [1.165, 1.54) is 45.1 Å². The molecule has 0 N–H and O–H groups in total. The Balaban J connectivity index is 1.35. The van der Waals surface area contributed by atoms with E-state index in [1.54, 1.807) is 11.1 Å². The van der Waals surface area contributed by atoms with Crippen molar-refractivity contribution in [1.82, 2.24) is 4.90 Å². The van der Waals surface area contributed by atoms with E-state index in [2.05, 4.69) is 36.1 Å². The van der Waals surface area contributed by atoms with E-state index in [4.69, 9.17) is 4.74 Å². The molecule has 5 fully saturated rings. The number of hydrogen-bond acceptors (Lipinski definition) is 3. The first-order chi connectivity index (χ1) is 13.7. The molecule has 3 nitrogen and oxygen atoms in total.